The third-order valence-electron chi connectivity index (χ3n) is 4.88. The molecule has 1 aromatic carbocycles. The van der Waals surface area contributed by atoms with E-state index in [2.05, 4.69) is 6.92 Å². The third kappa shape index (κ3) is 5.29. The monoisotopic (exact) mass is 330 g/mol. The summed E-state index contributed by atoms with van der Waals surface area (Å²) >= 11 is 0. The molecule has 1 aliphatic carbocycles. The lowest BCUT2D eigenvalue weighted by Crippen LogP contribution is -2.30. The summed E-state index contributed by atoms with van der Waals surface area (Å²) in [5.41, 5.74) is 0.862. The third-order valence-corrected chi connectivity index (χ3v) is 4.88. The Balaban J connectivity index is 1.89. The van der Waals surface area contributed by atoms with Gasteiger partial charge in [-0.3, -0.25) is 14.4 Å². The molecule has 1 saturated carbocycles. The maximum absolute atomic E-state index is 12.4. The van der Waals surface area contributed by atoms with Crippen LogP contribution in [0.3, 0.4) is 0 Å². The van der Waals surface area contributed by atoms with Crippen molar-refractivity contribution in [3.05, 3.63) is 35.9 Å². The number of ether oxygens (including phenoxy) is 1. The summed E-state index contributed by atoms with van der Waals surface area (Å²) in [6.45, 7) is 3.67. The van der Waals surface area contributed by atoms with Crippen molar-refractivity contribution < 1.29 is 19.1 Å². The predicted molar refractivity (Wildman–Crippen MR) is 91.2 cm³/mol. The van der Waals surface area contributed by atoms with Gasteiger partial charge in [-0.2, -0.15) is 0 Å². The van der Waals surface area contributed by atoms with E-state index in [0.717, 1.165) is 31.2 Å². The van der Waals surface area contributed by atoms with Gasteiger partial charge in [-0.15, -0.1) is 0 Å². The predicted octanol–water partition coefficient (Wildman–Crippen LogP) is 3.72. The average Bonchev–Trinajstić information content (AvgIpc) is 2.58. The van der Waals surface area contributed by atoms with Gasteiger partial charge < -0.3 is 4.74 Å². The Bertz CT molecular complexity index is 571. The van der Waals surface area contributed by atoms with E-state index in [1.54, 1.807) is 0 Å². The van der Waals surface area contributed by atoms with Gasteiger partial charge in [-0.1, -0.05) is 50.1 Å². The van der Waals surface area contributed by atoms with Crippen LogP contribution in [-0.4, -0.2) is 17.5 Å². The molecule has 4 heteroatoms. The lowest BCUT2D eigenvalue weighted by atomic mass is 9.78. The van der Waals surface area contributed by atoms with E-state index in [9.17, 15) is 14.4 Å². The van der Waals surface area contributed by atoms with Crippen molar-refractivity contribution in [2.75, 3.05) is 0 Å². The normalized spacial score (nSPS) is 21.8. The smallest absolute Gasteiger partial charge is 0.317 e. The molecule has 0 amide bonds. The van der Waals surface area contributed by atoms with Crippen LogP contribution in [-0.2, 0) is 25.7 Å². The van der Waals surface area contributed by atoms with Gasteiger partial charge in [0.05, 0.1) is 0 Å². The number of benzene rings is 1. The van der Waals surface area contributed by atoms with Gasteiger partial charge in [0, 0.05) is 12.3 Å². The number of ketones is 2. The number of hydrogen-bond donors (Lipinski definition) is 0. The first-order valence-electron chi connectivity index (χ1n) is 8.71. The molecule has 0 bridgehead atoms. The molecule has 1 fully saturated rings. The van der Waals surface area contributed by atoms with Crippen LogP contribution in [0.5, 0.6) is 0 Å². The Labute approximate surface area is 143 Å². The molecule has 1 unspecified atom stereocenters. The van der Waals surface area contributed by atoms with E-state index >= 15 is 0 Å². The van der Waals surface area contributed by atoms with Crippen molar-refractivity contribution in [3.8, 4) is 0 Å². The van der Waals surface area contributed by atoms with Gasteiger partial charge in [-0.25, -0.2) is 0 Å². The molecule has 1 aromatic rings. The lowest BCUT2D eigenvalue weighted by molar-refractivity contribution is -0.154. The summed E-state index contributed by atoms with van der Waals surface area (Å²) in [4.78, 5) is 36.5. The van der Waals surface area contributed by atoms with Crippen molar-refractivity contribution in [1.29, 1.82) is 0 Å². The van der Waals surface area contributed by atoms with Gasteiger partial charge in [0.1, 0.15) is 24.1 Å². The van der Waals surface area contributed by atoms with E-state index < -0.39 is 11.9 Å². The van der Waals surface area contributed by atoms with E-state index in [0.29, 0.717) is 5.92 Å². The number of carbonyl (C=O) groups excluding carboxylic acids is 3. The second kappa shape index (κ2) is 8.76. The van der Waals surface area contributed by atoms with Crippen LogP contribution in [0.15, 0.2) is 30.3 Å². The van der Waals surface area contributed by atoms with Crippen LogP contribution >= 0.6 is 0 Å². The minimum absolute atomic E-state index is 0.00928. The molecule has 0 heterocycles. The molecule has 0 radical (unpaired) electrons. The van der Waals surface area contributed by atoms with Gasteiger partial charge in [0.2, 0.25) is 0 Å². The molecular formula is C20H26O4. The molecule has 0 aromatic heterocycles. The van der Waals surface area contributed by atoms with E-state index in [-0.39, 0.29) is 30.5 Å². The standard InChI is InChI=1S/C20H26O4/c1-14-8-10-17(11-9-14)19(22)12-18(15(2)21)20(23)24-13-16-6-4-3-5-7-16/h3-7,14,17-18H,8-13H2,1-2H3. The summed E-state index contributed by atoms with van der Waals surface area (Å²) in [5.74, 6) is -1.19. The fraction of sp³-hybridized carbons (Fsp3) is 0.550. The number of esters is 1. The van der Waals surface area contributed by atoms with Crippen molar-refractivity contribution >= 4 is 17.5 Å². The molecular weight excluding hydrogens is 304 g/mol. The second-order valence-electron chi connectivity index (χ2n) is 6.88. The molecule has 24 heavy (non-hydrogen) atoms. The minimum atomic E-state index is -0.972. The molecule has 0 spiro atoms. The van der Waals surface area contributed by atoms with Crippen molar-refractivity contribution in [2.24, 2.45) is 17.8 Å². The zero-order valence-corrected chi connectivity index (χ0v) is 14.5. The Hall–Kier alpha value is -1.97. The second-order valence-corrected chi connectivity index (χ2v) is 6.88. The van der Waals surface area contributed by atoms with Crippen molar-refractivity contribution in [3.63, 3.8) is 0 Å². The van der Waals surface area contributed by atoms with E-state index in [1.165, 1.54) is 6.92 Å². The first kappa shape index (κ1) is 18.4. The molecule has 1 atom stereocenters. The minimum Gasteiger partial charge on any atom is -0.460 e. The fourth-order valence-electron chi connectivity index (χ4n) is 3.17. The molecule has 130 valence electrons. The zero-order valence-electron chi connectivity index (χ0n) is 14.5. The zero-order chi connectivity index (χ0) is 17.5. The number of rotatable bonds is 7. The Morgan fingerprint density at radius 1 is 1.08 bits per heavy atom. The van der Waals surface area contributed by atoms with Crippen LogP contribution in [0.25, 0.3) is 0 Å². The molecule has 4 nitrogen and oxygen atoms in total. The maximum atomic E-state index is 12.4. The van der Waals surface area contributed by atoms with Gasteiger partial charge in [0.15, 0.2) is 0 Å². The van der Waals surface area contributed by atoms with Gasteiger partial charge in [0.25, 0.3) is 0 Å². The van der Waals surface area contributed by atoms with Gasteiger partial charge >= 0.3 is 5.97 Å². The Morgan fingerprint density at radius 2 is 1.71 bits per heavy atom. The quantitative estimate of drug-likeness (QED) is 0.565. The van der Waals surface area contributed by atoms with Crippen LogP contribution in [0.4, 0.5) is 0 Å². The Kier molecular flexibility index (Phi) is 6.71. The first-order valence-corrected chi connectivity index (χ1v) is 8.71. The van der Waals surface area contributed by atoms with Crippen LogP contribution in [0.2, 0.25) is 0 Å². The topological polar surface area (TPSA) is 60.4 Å². The fourth-order valence-corrected chi connectivity index (χ4v) is 3.17. The van der Waals surface area contributed by atoms with Gasteiger partial charge in [-0.05, 0) is 31.2 Å². The highest BCUT2D eigenvalue weighted by molar-refractivity contribution is 6.01. The average molecular weight is 330 g/mol. The summed E-state index contributed by atoms with van der Waals surface area (Å²) in [5, 5.41) is 0. The number of Topliss-reactive ketones (excluding diaryl/α,β-unsaturated/α-hetero) is 2. The number of hydrogen-bond acceptors (Lipinski definition) is 4. The number of carbonyl (C=O) groups is 3. The lowest BCUT2D eigenvalue weighted by Gasteiger charge is -2.25. The SMILES string of the molecule is CC(=O)C(CC(=O)C1CCC(C)CC1)C(=O)OCc1ccccc1. The summed E-state index contributed by atoms with van der Waals surface area (Å²) < 4.78 is 5.24. The molecule has 0 N–H and O–H groups in total. The highest BCUT2D eigenvalue weighted by Gasteiger charge is 2.32. The molecule has 1 aliphatic rings. The van der Waals surface area contributed by atoms with E-state index in [4.69, 9.17) is 4.74 Å². The summed E-state index contributed by atoms with van der Waals surface area (Å²) in [6, 6.07) is 9.31. The van der Waals surface area contributed by atoms with Crippen LogP contribution in [0.1, 0.15) is 51.5 Å². The van der Waals surface area contributed by atoms with Crippen molar-refractivity contribution in [2.45, 2.75) is 52.6 Å². The summed E-state index contributed by atoms with van der Waals surface area (Å²) in [7, 11) is 0. The largest absolute Gasteiger partial charge is 0.460 e. The maximum Gasteiger partial charge on any atom is 0.317 e. The highest BCUT2D eigenvalue weighted by atomic mass is 16.5. The Morgan fingerprint density at radius 3 is 2.29 bits per heavy atom. The first-order chi connectivity index (χ1) is 11.5. The molecule has 2 rings (SSSR count). The van der Waals surface area contributed by atoms with Crippen LogP contribution in [0, 0.1) is 17.8 Å². The highest BCUT2D eigenvalue weighted by Crippen LogP contribution is 2.30. The molecule has 0 aliphatic heterocycles. The van der Waals surface area contributed by atoms with E-state index in [1.807, 2.05) is 30.3 Å². The van der Waals surface area contributed by atoms with Crippen LogP contribution < -0.4 is 0 Å². The van der Waals surface area contributed by atoms with Crippen molar-refractivity contribution in [1.82, 2.24) is 0 Å². The molecule has 0 saturated heterocycles. The summed E-state index contributed by atoms with van der Waals surface area (Å²) in [6.07, 6.45) is 3.79.